The second-order valence-corrected chi connectivity index (χ2v) is 3.81. The molecule has 1 aromatic rings. The number of unbranched alkanes of at least 4 members (excludes halogenated alkanes) is 1. The van der Waals surface area contributed by atoms with Crippen LogP contribution < -0.4 is 10.6 Å². The van der Waals surface area contributed by atoms with Crippen molar-refractivity contribution in [2.45, 2.75) is 33.2 Å². The molecule has 1 aromatic heterocycles. The first-order valence-corrected chi connectivity index (χ1v) is 6.36. The summed E-state index contributed by atoms with van der Waals surface area (Å²) in [5.41, 5.74) is 0. The molecule has 96 valence electrons. The zero-order valence-corrected chi connectivity index (χ0v) is 10.8. The highest BCUT2D eigenvalue weighted by molar-refractivity contribution is 5.79. The molecule has 0 aliphatic heterocycles. The minimum Gasteiger partial charge on any atom is -0.357 e. The summed E-state index contributed by atoms with van der Waals surface area (Å²) in [5, 5.41) is 10.7. The molecule has 0 saturated heterocycles. The quantitative estimate of drug-likeness (QED) is 0.426. The van der Waals surface area contributed by atoms with Crippen molar-refractivity contribution in [1.29, 1.82) is 0 Å². The highest BCUT2D eigenvalue weighted by Crippen LogP contribution is 1.87. The van der Waals surface area contributed by atoms with Crippen molar-refractivity contribution in [3.63, 3.8) is 0 Å². The van der Waals surface area contributed by atoms with Crippen LogP contribution in [0.1, 0.15) is 26.7 Å². The Morgan fingerprint density at radius 3 is 2.88 bits per heavy atom. The molecule has 1 heterocycles. The molecule has 2 N–H and O–H groups in total. The molecule has 5 nitrogen and oxygen atoms in total. The van der Waals surface area contributed by atoms with Gasteiger partial charge in [-0.2, -0.15) is 5.10 Å². The van der Waals surface area contributed by atoms with E-state index in [9.17, 15) is 0 Å². The smallest absolute Gasteiger partial charge is 0.191 e. The first-order valence-electron chi connectivity index (χ1n) is 6.36. The highest BCUT2D eigenvalue weighted by atomic mass is 15.3. The molecule has 0 bridgehead atoms. The molecule has 0 atom stereocenters. The lowest BCUT2D eigenvalue weighted by molar-refractivity contribution is 0.597. The monoisotopic (exact) mass is 237 g/mol. The summed E-state index contributed by atoms with van der Waals surface area (Å²) >= 11 is 0. The number of rotatable bonds is 7. The van der Waals surface area contributed by atoms with Crippen molar-refractivity contribution in [2.24, 2.45) is 4.99 Å². The lowest BCUT2D eigenvalue weighted by Gasteiger charge is -2.11. The molecule has 0 spiro atoms. The van der Waals surface area contributed by atoms with E-state index in [1.807, 2.05) is 16.9 Å². The number of guanidine groups is 1. The van der Waals surface area contributed by atoms with Gasteiger partial charge in [0.2, 0.25) is 0 Å². The summed E-state index contributed by atoms with van der Waals surface area (Å²) in [4.78, 5) is 4.49. The number of hydrogen-bond donors (Lipinski definition) is 2. The van der Waals surface area contributed by atoms with Crippen molar-refractivity contribution in [2.75, 3.05) is 19.6 Å². The molecule has 0 aliphatic rings. The molecule has 0 radical (unpaired) electrons. The number of nitrogens with zero attached hydrogens (tertiary/aromatic N) is 3. The van der Waals surface area contributed by atoms with Gasteiger partial charge in [0.15, 0.2) is 5.96 Å². The van der Waals surface area contributed by atoms with E-state index in [0.717, 1.165) is 38.6 Å². The first-order chi connectivity index (χ1) is 8.36. The molecule has 0 amide bonds. The normalized spacial score (nSPS) is 11.5. The Bertz CT molecular complexity index is 305. The maximum Gasteiger partial charge on any atom is 0.191 e. The molecular weight excluding hydrogens is 214 g/mol. The molecular formula is C12H23N5. The molecule has 0 aliphatic carbocycles. The average molecular weight is 237 g/mol. The predicted octanol–water partition coefficient (Wildman–Crippen LogP) is 1.24. The molecule has 0 unspecified atom stereocenters. The van der Waals surface area contributed by atoms with E-state index in [-0.39, 0.29) is 0 Å². The van der Waals surface area contributed by atoms with Gasteiger partial charge in [-0.3, -0.25) is 9.67 Å². The van der Waals surface area contributed by atoms with Crippen LogP contribution in [-0.2, 0) is 6.54 Å². The van der Waals surface area contributed by atoms with Crippen molar-refractivity contribution in [1.82, 2.24) is 20.4 Å². The number of aromatic nitrogens is 2. The summed E-state index contributed by atoms with van der Waals surface area (Å²) in [6.45, 7) is 7.70. The van der Waals surface area contributed by atoms with Crippen LogP contribution in [0.2, 0.25) is 0 Å². The number of nitrogens with one attached hydrogen (secondary N) is 2. The summed E-state index contributed by atoms with van der Waals surface area (Å²) in [5.74, 6) is 0.896. The minimum absolute atomic E-state index is 0.833. The van der Waals surface area contributed by atoms with Gasteiger partial charge < -0.3 is 10.6 Å². The van der Waals surface area contributed by atoms with Crippen LogP contribution in [0, 0.1) is 0 Å². The van der Waals surface area contributed by atoms with Gasteiger partial charge in [0.1, 0.15) is 0 Å². The van der Waals surface area contributed by atoms with Crippen molar-refractivity contribution in [3.05, 3.63) is 18.5 Å². The Balaban J connectivity index is 2.25. The van der Waals surface area contributed by atoms with Gasteiger partial charge in [0, 0.05) is 32.0 Å². The molecule has 5 heteroatoms. The van der Waals surface area contributed by atoms with Crippen LogP contribution >= 0.6 is 0 Å². The number of aliphatic imine (C=N–C) groups is 1. The maximum atomic E-state index is 4.49. The molecule has 17 heavy (non-hydrogen) atoms. The van der Waals surface area contributed by atoms with E-state index in [4.69, 9.17) is 0 Å². The van der Waals surface area contributed by atoms with Crippen molar-refractivity contribution in [3.8, 4) is 0 Å². The van der Waals surface area contributed by atoms with Crippen LogP contribution in [0.15, 0.2) is 23.5 Å². The van der Waals surface area contributed by atoms with Gasteiger partial charge in [-0.05, 0) is 19.4 Å². The summed E-state index contributed by atoms with van der Waals surface area (Å²) in [6, 6.07) is 1.93. The van der Waals surface area contributed by atoms with Gasteiger partial charge in [-0.1, -0.05) is 13.3 Å². The molecule has 0 saturated carbocycles. The van der Waals surface area contributed by atoms with Crippen LogP contribution in [0.4, 0.5) is 0 Å². The Labute approximate surface area is 103 Å². The van der Waals surface area contributed by atoms with Gasteiger partial charge in [0.05, 0.1) is 6.54 Å². The van der Waals surface area contributed by atoms with Crippen LogP contribution in [-0.4, -0.2) is 35.4 Å². The summed E-state index contributed by atoms with van der Waals surface area (Å²) in [6.07, 6.45) is 6.06. The van der Waals surface area contributed by atoms with Gasteiger partial charge >= 0.3 is 0 Å². The van der Waals surface area contributed by atoms with E-state index in [1.165, 1.54) is 6.42 Å². The van der Waals surface area contributed by atoms with E-state index in [1.54, 1.807) is 6.20 Å². The van der Waals surface area contributed by atoms with Crippen LogP contribution in [0.3, 0.4) is 0 Å². The Morgan fingerprint density at radius 2 is 2.24 bits per heavy atom. The van der Waals surface area contributed by atoms with Crippen molar-refractivity contribution >= 4 is 5.96 Å². The van der Waals surface area contributed by atoms with Gasteiger partial charge in [-0.15, -0.1) is 0 Å². The van der Waals surface area contributed by atoms with Crippen LogP contribution in [0.25, 0.3) is 0 Å². The maximum absolute atomic E-state index is 4.49. The van der Waals surface area contributed by atoms with Gasteiger partial charge in [-0.25, -0.2) is 0 Å². The SMILES string of the molecule is CCCCN=C(NCC)NCCn1cccn1. The summed E-state index contributed by atoms with van der Waals surface area (Å²) < 4.78 is 1.91. The minimum atomic E-state index is 0.833. The highest BCUT2D eigenvalue weighted by Gasteiger charge is 1.96. The molecule has 0 fully saturated rings. The fourth-order valence-corrected chi connectivity index (χ4v) is 1.41. The van der Waals surface area contributed by atoms with E-state index < -0.39 is 0 Å². The Morgan fingerprint density at radius 1 is 1.35 bits per heavy atom. The standard InChI is InChI=1S/C12H23N5/c1-3-5-7-14-12(13-4-2)15-9-11-17-10-6-8-16-17/h6,8,10H,3-5,7,9,11H2,1-2H3,(H2,13,14,15). The van der Waals surface area contributed by atoms with Gasteiger partial charge in [0.25, 0.3) is 0 Å². The average Bonchev–Trinajstić information content (AvgIpc) is 2.82. The lowest BCUT2D eigenvalue weighted by atomic mass is 10.3. The fraction of sp³-hybridized carbons (Fsp3) is 0.667. The summed E-state index contributed by atoms with van der Waals surface area (Å²) in [7, 11) is 0. The van der Waals surface area contributed by atoms with E-state index in [2.05, 4.69) is 34.6 Å². The zero-order chi connectivity index (χ0) is 12.3. The second-order valence-electron chi connectivity index (χ2n) is 3.81. The third kappa shape index (κ3) is 5.94. The topological polar surface area (TPSA) is 54.2 Å². The van der Waals surface area contributed by atoms with E-state index in [0.29, 0.717) is 0 Å². The molecule has 1 rings (SSSR count). The second kappa shape index (κ2) is 8.61. The number of hydrogen-bond acceptors (Lipinski definition) is 2. The largest absolute Gasteiger partial charge is 0.357 e. The lowest BCUT2D eigenvalue weighted by Crippen LogP contribution is -2.39. The molecule has 0 aromatic carbocycles. The van der Waals surface area contributed by atoms with E-state index >= 15 is 0 Å². The third-order valence-corrected chi connectivity index (χ3v) is 2.32. The van der Waals surface area contributed by atoms with Crippen molar-refractivity contribution < 1.29 is 0 Å². The Hall–Kier alpha value is -1.52. The van der Waals surface area contributed by atoms with Crippen LogP contribution in [0.5, 0.6) is 0 Å². The first kappa shape index (κ1) is 13.5. The predicted molar refractivity (Wildman–Crippen MR) is 71.1 cm³/mol. The third-order valence-electron chi connectivity index (χ3n) is 2.32. The fourth-order valence-electron chi connectivity index (χ4n) is 1.41. The Kier molecular flexibility index (Phi) is 6.86. The zero-order valence-electron chi connectivity index (χ0n) is 10.8.